The van der Waals surface area contributed by atoms with E-state index in [1.165, 1.54) is 11.3 Å². The number of rotatable bonds is 7. The molecule has 5 nitrogen and oxygen atoms in total. The van der Waals surface area contributed by atoms with E-state index in [0.717, 1.165) is 33.6 Å². The molecule has 0 aliphatic rings. The van der Waals surface area contributed by atoms with Gasteiger partial charge in [-0.25, -0.2) is 0 Å². The molecule has 0 saturated heterocycles. The number of nitrogens with one attached hydrogen (secondary N) is 1. The van der Waals surface area contributed by atoms with E-state index in [1.54, 1.807) is 0 Å². The van der Waals surface area contributed by atoms with Gasteiger partial charge in [-0.2, -0.15) is 35.7 Å². The molecule has 0 aromatic carbocycles. The molecular formula is C17H14F7N3O2S2. The van der Waals surface area contributed by atoms with Crippen LogP contribution in [0.1, 0.15) is 15.4 Å². The van der Waals surface area contributed by atoms with Crippen LogP contribution in [-0.4, -0.2) is 44.1 Å². The van der Waals surface area contributed by atoms with Crippen molar-refractivity contribution in [1.82, 2.24) is 15.0 Å². The van der Waals surface area contributed by atoms with Gasteiger partial charge in [0.15, 0.2) is 12.4 Å². The Hall–Kier alpha value is -2.06. The molecule has 0 aliphatic carbocycles. The molecule has 0 spiro atoms. The van der Waals surface area contributed by atoms with Crippen molar-refractivity contribution >= 4 is 33.5 Å². The van der Waals surface area contributed by atoms with Crippen LogP contribution in [0.2, 0.25) is 0 Å². The van der Waals surface area contributed by atoms with Gasteiger partial charge in [0.1, 0.15) is 11.3 Å². The van der Waals surface area contributed by atoms with Gasteiger partial charge in [-0.1, -0.05) is 0 Å². The summed E-state index contributed by atoms with van der Waals surface area (Å²) >= 11 is -0.195. The lowest BCUT2D eigenvalue weighted by Crippen LogP contribution is -2.54. The number of aromatic amines is 1. The van der Waals surface area contributed by atoms with Crippen molar-refractivity contribution in [1.29, 1.82) is 0 Å². The maximum absolute atomic E-state index is 13.4. The van der Waals surface area contributed by atoms with Crippen LogP contribution in [0, 0.1) is 13.8 Å². The van der Waals surface area contributed by atoms with Crippen molar-refractivity contribution in [3.05, 3.63) is 33.8 Å². The van der Waals surface area contributed by atoms with Crippen LogP contribution >= 0.6 is 11.3 Å². The number of alkyl halides is 7. The van der Waals surface area contributed by atoms with Gasteiger partial charge in [0.2, 0.25) is 0 Å². The second-order valence-electron chi connectivity index (χ2n) is 6.52. The van der Waals surface area contributed by atoms with Crippen LogP contribution in [-0.2, 0) is 16.9 Å². The van der Waals surface area contributed by atoms with E-state index in [1.807, 2.05) is 13.8 Å². The Kier molecular flexibility index (Phi) is 6.19. The van der Waals surface area contributed by atoms with Crippen molar-refractivity contribution in [3.63, 3.8) is 0 Å². The molecule has 1 N–H and O–H groups in total. The SMILES string of the molecule is Cc1sc(C)c2[nH]c([S+]([O-])Cc3cc(OCC(F)(F)C(F)(F)C(F)(F)F)ccn3)nc12. The summed E-state index contributed by atoms with van der Waals surface area (Å²) in [6, 6.07) is 2.03. The zero-order valence-corrected chi connectivity index (χ0v) is 17.5. The van der Waals surface area contributed by atoms with E-state index < -0.39 is 41.6 Å². The monoisotopic (exact) mass is 489 g/mol. The van der Waals surface area contributed by atoms with Crippen molar-refractivity contribution in [2.24, 2.45) is 0 Å². The van der Waals surface area contributed by atoms with Gasteiger partial charge in [0.05, 0.1) is 11.2 Å². The van der Waals surface area contributed by atoms with Crippen LogP contribution in [0.3, 0.4) is 0 Å². The maximum Gasteiger partial charge on any atom is 0.460 e. The minimum absolute atomic E-state index is 0.0778. The third kappa shape index (κ3) is 4.60. The Morgan fingerprint density at radius 2 is 1.81 bits per heavy atom. The number of halogens is 7. The molecule has 3 aromatic heterocycles. The van der Waals surface area contributed by atoms with E-state index in [0.29, 0.717) is 5.52 Å². The molecule has 3 rings (SSSR count). The second-order valence-corrected chi connectivity index (χ2v) is 9.31. The van der Waals surface area contributed by atoms with E-state index in [2.05, 4.69) is 19.7 Å². The molecule has 31 heavy (non-hydrogen) atoms. The van der Waals surface area contributed by atoms with E-state index in [4.69, 9.17) is 0 Å². The molecule has 0 amide bonds. The van der Waals surface area contributed by atoms with Gasteiger partial charge in [-0.15, -0.1) is 11.3 Å². The predicted octanol–water partition coefficient (Wildman–Crippen LogP) is 5.16. The Morgan fingerprint density at radius 1 is 1.13 bits per heavy atom. The number of ether oxygens (including phenoxy) is 1. The predicted molar refractivity (Wildman–Crippen MR) is 99.2 cm³/mol. The van der Waals surface area contributed by atoms with Crippen LogP contribution in [0.5, 0.6) is 5.75 Å². The van der Waals surface area contributed by atoms with Gasteiger partial charge >= 0.3 is 23.2 Å². The van der Waals surface area contributed by atoms with Gasteiger partial charge in [-0.05, 0) is 19.9 Å². The molecule has 170 valence electrons. The Bertz CT molecular complexity index is 1050. The first kappa shape index (κ1) is 23.6. The zero-order chi connectivity index (χ0) is 23.2. The topological polar surface area (TPSA) is 73.9 Å². The van der Waals surface area contributed by atoms with Gasteiger partial charge in [0, 0.05) is 33.2 Å². The van der Waals surface area contributed by atoms with Crippen molar-refractivity contribution in [2.45, 2.75) is 42.8 Å². The standard InChI is InChI=1S/C17H14F7N3O2S2/c1-8-12-13(9(2)30-8)27-14(26-12)31(28)6-10-5-11(3-4-25-10)29-7-15(18,19)16(20,21)17(22,23)24/h3-5H,6-7H2,1-2H3,(H,26,27). The van der Waals surface area contributed by atoms with Crippen molar-refractivity contribution in [3.8, 4) is 5.75 Å². The molecule has 1 unspecified atom stereocenters. The number of nitrogens with zero attached hydrogens (tertiary/aromatic N) is 2. The summed E-state index contributed by atoms with van der Waals surface area (Å²) in [6.07, 6.45) is -5.37. The average molecular weight is 489 g/mol. The fraction of sp³-hybridized carbons (Fsp3) is 0.412. The molecule has 0 radical (unpaired) electrons. The number of hydrogen-bond acceptors (Lipinski definition) is 5. The zero-order valence-electron chi connectivity index (χ0n) is 15.8. The highest BCUT2D eigenvalue weighted by molar-refractivity contribution is 7.90. The Balaban J connectivity index is 1.70. The number of imidazole rings is 1. The first-order valence-corrected chi connectivity index (χ1v) is 10.6. The fourth-order valence-corrected chi connectivity index (χ4v) is 4.52. The highest BCUT2D eigenvalue weighted by atomic mass is 32.2. The molecule has 0 saturated carbocycles. The summed E-state index contributed by atoms with van der Waals surface area (Å²) in [5.74, 6) is -12.4. The van der Waals surface area contributed by atoms with Crippen LogP contribution in [0.25, 0.3) is 11.0 Å². The molecule has 0 aliphatic heterocycles. The van der Waals surface area contributed by atoms with Gasteiger partial charge < -0.3 is 9.29 Å². The van der Waals surface area contributed by atoms with Crippen molar-refractivity contribution in [2.75, 3.05) is 6.61 Å². The highest BCUT2D eigenvalue weighted by Crippen LogP contribution is 2.46. The minimum Gasteiger partial charge on any atom is -0.609 e. The summed E-state index contributed by atoms with van der Waals surface area (Å²) in [6.45, 7) is 1.51. The van der Waals surface area contributed by atoms with Crippen LogP contribution in [0.15, 0.2) is 23.5 Å². The first-order chi connectivity index (χ1) is 14.2. The minimum atomic E-state index is -6.44. The number of H-pyrrole nitrogens is 1. The summed E-state index contributed by atoms with van der Waals surface area (Å²) < 4.78 is 106. The summed E-state index contributed by atoms with van der Waals surface area (Å²) in [4.78, 5) is 13.0. The molecule has 0 fully saturated rings. The summed E-state index contributed by atoms with van der Waals surface area (Å²) in [7, 11) is 0. The normalized spacial score (nSPS) is 14.3. The third-order valence-electron chi connectivity index (χ3n) is 4.19. The number of fused-ring (bicyclic) bond motifs is 1. The Morgan fingerprint density at radius 3 is 2.42 bits per heavy atom. The molecule has 3 heterocycles. The Labute approximate surface area is 177 Å². The van der Waals surface area contributed by atoms with Crippen LogP contribution < -0.4 is 4.74 Å². The van der Waals surface area contributed by atoms with E-state index >= 15 is 0 Å². The maximum atomic E-state index is 13.4. The van der Waals surface area contributed by atoms with Crippen LogP contribution in [0.4, 0.5) is 30.7 Å². The lowest BCUT2D eigenvalue weighted by atomic mass is 10.2. The number of aromatic nitrogens is 3. The van der Waals surface area contributed by atoms with Crippen molar-refractivity contribution < 1.29 is 40.0 Å². The molecular weight excluding hydrogens is 475 g/mol. The summed E-state index contributed by atoms with van der Waals surface area (Å²) in [5.41, 5.74) is 1.49. The lowest BCUT2D eigenvalue weighted by Gasteiger charge is -2.27. The molecule has 3 aromatic rings. The number of pyridine rings is 1. The fourth-order valence-electron chi connectivity index (χ4n) is 2.60. The smallest absolute Gasteiger partial charge is 0.460 e. The highest BCUT2D eigenvalue weighted by Gasteiger charge is 2.73. The lowest BCUT2D eigenvalue weighted by molar-refractivity contribution is -0.358. The van der Waals surface area contributed by atoms with E-state index in [9.17, 15) is 35.3 Å². The number of thiophene rings is 1. The number of aryl methyl sites for hydroxylation is 2. The third-order valence-corrected chi connectivity index (χ3v) is 6.38. The first-order valence-electron chi connectivity index (χ1n) is 8.47. The summed E-state index contributed by atoms with van der Waals surface area (Å²) in [5, 5.41) is 0.161. The average Bonchev–Trinajstić information content (AvgIpc) is 3.21. The van der Waals surface area contributed by atoms with E-state index in [-0.39, 0.29) is 16.6 Å². The largest absolute Gasteiger partial charge is 0.609 e. The second kappa shape index (κ2) is 8.13. The molecule has 0 bridgehead atoms. The number of hydrogen-bond donors (Lipinski definition) is 1. The van der Waals surface area contributed by atoms with Gasteiger partial charge in [0.25, 0.3) is 0 Å². The quantitative estimate of drug-likeness (QED) is 0.368. The van der Waals surface area contributed by atoms with Gasteiger partial charge in [-0.3, -0.25) is 9.97 Å². The molecule has 1 atom stereocenters. The molecule has 14 heteroatoms.